The van der Waals surface area contributed by atoms with E-state index in [0.29, 0.717) is 17.4 Å². The van der Waals surface area contributed by atoms with Gasteiger partial charge in [-0.05, 0) is 52.9 Å². The highest BCUT2D eigenvalue weighted by Crippen LogP contribution is 2.55. The second-order valence-electron chi connectivity index (χ2n) is 4.90. The maximum Gasteiger partial charge on any atom is 0.169 e. The summed E-state index contributed by atoms with van der Waals surface area (Å²) in [5, 5.41) is 3.58. The lowest BCUT2D eigenvalue weighted by molar-refractivity contribution is 0.0327. The molecule has 0 amide bonds. The minimum Gasteiger partial charge on any atom is -0.454 e. The molecule has 0 spiro atoms. The Balaban J connectivity index is 2.14. The summed E-state index contributed by atoms with van der Waals surface area (Å²) in [5.74, 6) is 1.69. The van der Waals surface area contributed by atoms with E-state index in [4.69, 9.17) is 4.42 Å². The van der Waals surface area contributed by atoms with E-state index in [2.05, 4.69) is 48.1 Å². The molecule has 16 heavy (non-hydrogen) atoms. The van der Waals surface area contributed by atoms with Gasteiger partial charge in [0.2, 0.25) is 0 Å². The topological polar surface area (TPSA) is 25.2 Å². The van der Waals surface area contributed by atoms with Gasteiger partial charge in [0.25, 0.3) is 0 Å². The normalized spacial score (nSPS) is 33.8. The number of nitrogens with one attached hydrogen (secondary N) is 1. The summed E-state index contributed by atoms with van der Waals surface area (Å²) >= 11 is 3.38. The molecule has 0 aliphatic heterocycles. The zero-order chi connectivity index (χ0) is 11.8. The molecule has 3 unspecified atom stereocenters. The predicted molar refractivity (Wildman–Crippen MR) is 69.6 cm³/mol. The van der Waals surface area contributed by atoms with Crippen LogP contribution in [0.4, 0.5) is 0 Å². The van der Waals surface area contributed by atoms with Crippen LogP contribution in [0.5, 0.6) is 0 Å². The molecular formula is C13H20BrNO. The summed E-state index contributed by atoms with van der Waals surface area (Å²) in [5.41, 5.74) is 0.341. The Hall–Kier alpha value is -0.280. The fourth-order valence-electron chi connectivity index (χ4n) is 2.87. The third kappa shape index (κ3) is 1.84. The smallest absolute Gasteiger partial charge is 0.169 e. The number of hydrogen-bond acceptors (Lipinski definition) is 2. The van der Waals surface area contributed by atoms with Crippen LogP contribution >= 0.6 is 15.9 Å². The SMILES string of the molecule is CCNC1CC(c2ccc(Br)o2)C1(C)CC. The third-order valence-electron chi connectivity index (χ3n) is 4.21. The summed E-state index contributed by atoms with van der Waals surface area (Å²) in [4.78, 5) is 0. The average molecular weight is 286 g/mol. The van der Waals surface area contributed by atoms with E-state index >= 15 is 0 Å². The summed E-state index contributed by atoms with van der Waals surface area (Å²) in [6, 6.07) is 4.73. The zero-order valence-electron chi connectivity index (χ0n) is 10.2. The third-order valence-corrected chi connectivity index (χ3v) is 4.64. The fourth-order valence-corrected chi connectivity index (χ4v) is 3.19. The van der Waals surface area contributed by atoms with Crippen LogP contribution < -0.4 is 5.32 Å². The standard InChI is InChI=1S/C13H20BrNO/c1-4-13(3)9(8-11(13)15-5-2)10-6-7-12(14)16-10/h6-7,9,11,15H,4-5,8H2,1-3H3. The molecule has 1 aromatic heterocycles. The van der Waals surface area contributed by atoms with Crippen LogP contribution in [-0.2, 0) is 0 Å². The van der Waals surface area contributed by atoms with Crippen LogP contribution in [0.1, 0.15) is 45.3 Å². The lowest BCUT2D eigenvalue weighted by Gasteiger charge is -2.53. The first-order chi connectivity index (χ1) is 7.61. The summed E-state index contributed by atoms with van der Waals surface area (Å²) in [7, 11) is 0. The Kier molecular flexibility index (Phi) is 3.45. The first-order valence-electron chi connectivity index (χ1n) is 6.10. The van der Waals surface area contributed by atoms with Gasteiger partial charge in [-0.1, -0.05) is 20.8 Å². The summed E-state index contributed by atoms with van der Waals surface area (Å²) < 4.78 is 6.54. The van der Waals surface area contributed by atoms with Crippen LogP contribution in [0.15, 0.2) is 21.2 Å². The molecule has 1 aromatic rings. The molecule has 2 nitrogen and oxygen atoms in total. The molecular weight excluding hydrogens is 266 g/mol. The molecule has 1 aliphatic carbocycles. The maximum atomic E-state index is 5.70. The number of rotatable bonds is 4. The van der Waals surface area contributed by atoms with Gasteiger partial charge in [0.1, 0.15) is 5.76 Å². The molecule has 3 heteroatoms. The van der Waals surface area contributed by atoms with Crippen LogP contribution in [0.25, 0.3) is 0 Å². The highest BCUT2D eigenvalue weighted by Gasteiger charge is 2.51. The minimum absolute atomic E-state index is 0.341. The van der Waals surface area contributed by atoms with Crippen LogP contribution in [0, 0.1) is 5.41 Å². The molecule has 1 heterocycles. The van der Waals surface area contributed by atoms with Gasteiger partial charge in [0.05, 0.1) is 0 Å². The van der Waals surface area contributed by atoms with Crippen molar-refractivity contribution in [2.45, 2.75) is 45.6 Å². The Labute approximate surface area is 106 Å². The van der Waals surface area contributed by atoms with E-state index in [9.17, 15) is 0 Å². The van der Waals surface area contributed by atoms with Crippen LogP contribution in [-0.4, -0.2) is 12.6 Å². The van der Waals surface area contributed by atoms with Crippen molar-refractivity contribution in [1.82, 2.24) is 5.32 Å². The maximum absolute atomic E-state index is 5.70. The van der Waals surface area contributed by atoms with Gasteiger partial charge < -0.3 is 9.73 Å². The van der Waals surface area contributed by atoms with E-state index in [1.165, 1.54) is 12.8 Å². The van der Waals surface area contributed by atoms with Gasteiger partial charge >= 0.3 is 0 Å². The Morgan fingerprint density at radius 1 is 1.50 bits per heavy atom. The lowest BCUT2D eigenvalue weighted by atomic mass is 9.55. The van der Waals surface area contributed by atoms with Gasteiger partial charge in [-0.15, -0.1) is 0 Å². The van der Waals surface area contributed by atoms with Gasteiger partial charge in [-0.25, -0.2) is 0 Å². The highest BCUT2D eigenvalue weighted by atomic mass is 79.9. The van der Waals surface area contributed by atoms with Crippen LogP contribution in [0.2, 0.25) is 0 Å². The zero-order valence-corrected chi connectivity index (χ0v) is 11.8. The van der Waals surface area contributed by atoms with E-state index in [1.807, 2.05) is 6.07 Å². The minimum atomic E-state index is 0.341. The second-order valence-corrected chi connectivity index (χ2v) is 5.68. The Bertz CT molecular complexity index is 363. The number of hydrogen-bond donors (Lipinski definition) is 1. The fraction of sp³-hybridized carbons (Fsp3) is 0.692. The van der Waals surface area contributed by atoms with Crippen molar-refractivity contribution >= 4 is 15.9 Å². The molecule has 1 fully saturated rings. The van der Waals surface area contributed by atoms with Crippen molar-refractivity contribution in [3.05, 3.63) is 22.6 Å². The monoisotopic (exact) mass is 285 g/mol. The van der Waals surface area contributed by atoms with Crippen molar-refractivity contribution in [2.24, 2.45) is 5.41 Å². The molecule has 3 atom stereocenters. The molecule has 1 aliphatic rings. The molecule has 1 saturated carbocycles. The average Bonchev–Trinajstić information content (AvgIpc) is 2.68. The Morgan fingerprint density at radius 2 is 2.25 bits per heavy atom. The van der Waals surface area contributed by atoms with E-state index < -0.39 is 0 Å². The second kappa shape index (κ2) is 4.53. The summed E-state index contributed by atoms with van der Waals surface area (Å²) in [6.45, 7) is 7.86. The van der Waals surface area contributed by atoms with Gasteiger partial charge in [-0.2, -0.15) is 0 Å². The first kappa shape index (κ1) is 12.2. The van der Waals surface area contributed by atoms with Crippen molar-refractivity contribution in [3.8, 4) is 0 Å². The molecule has 0 bridgehead atoms. The Morgan fingerprint density at radius 3 is 2.75 bits per heavy atom. The van der Waals surface area contributed by atoms with E-state index in [1.54, 1.807) is 0 Å². The molecule has 0 radical (unpaired) electrons. The lowest BCUT2D eigenvalue weighted by Crippen LogP contribution is -2.56. The van der Waals surface area contributed by atoms with Crippen molar-refractivity contribution in [1.29, 1.82) is 0 Å². The molecule has 0 aromatic carbocycles. The number of furan rings is 1. The first-order valence-corrected chi connectivity index (χ1v) is 6.89. The van der Waals surface area contributed by atoms with Crippen molar-refractivity contribution in [3.63, 3.8) is 0 Å². The molecule has 0 saturated heterocycles. The van der Waals surface area contributed by atoms with E-state index in [0.717, 1.165) is 17.0 Å². The highest BCUT2D eigenvalue weighted by molar-refractivity contribution is 9.10. The van der Waals surface area contributed by atoms with Gasteiger partial charge in [0.15, 0.2) is 4.67 Å². The predicted octanol–water partition coefficient (Wildman–Crippen LogP) is 3.92. The summed E-state index contributed by atoms with van der Waals surface area (Å²) in [6.07, 6.45) is 2.38. The number of halogens is 1. The van der Waals surface area contributed by atoms with Crippen molar-refractivity contribution < 1.29 is 4.42 Å². The van der Waals surface area contributed by atoms with E-state index in [-0.39, 0.29) is 0 Å². The molecule has 2 rings (SSSR count). The quantitative estimate of drug-likeness (QED) is 0.907. The largest absolute Gasteiger partial charge is 0.454 e. The van der Waals surface area contributed by atoms with Gasteiger partial charge in [-0.3, -0.25) is 0 Å². The van der Waals surface area contributed by atoms with Gasteiger partial charge in [0, 0.05) is 12.0 Å². The van der Waals surface area contributed by atoms with Crippen molar-refractivity contribution in [2.75, 3.05) is 6.54 Å². The van der Waals surface area contributed by atoms with Crippen LogP contribution in [0.3, 0.4) is 0 Å². The molecule has 90 valence electrons. The molecule has 1 N–H and O–H groups in total.